The molecule has 1 heterocycles. The second-order valence-electron chi connectivity index (χ2n) is 4.54. The summed E-state index contributed by atoms with van der Waals surface area (Å²) in [5, 5.41) is 6.02. The molecule has 3 heteroatoms. The highest BCUT2D eigenvalue weighted by Gasteiger charge is 2.12. The first-order valence-corrected chi connectivity index (χ1v) is 7.00. The molecule has 0 spiro atoms. The van der Waals surface area contributed by atoms with Crippen molar-refractivity contribution >= 4 is 10.8 Å². The highest BCUT2D eigenvalue weighted by molar-refractivity contribution is 5.85. The van der Waals surface area contributed by atoms with Crippen molar-refractivity contribution in [3.05, 3.63) is 42.2 Å². The maximum Gasteiger partial charge on any atom is 0.0484 e. The first kappa shape index (κ1) is 14.0. The van der Waals surface area contributed by atoms with Crippen LogP contribution in [0, 0.1) is 0 Å². The van der Waals surface area contributed by atoms with Crippen molar-refractivity contribution in [2.45, 2.75) is 26.3 Å². The Morgan fingerprint density at radius 2 is 2.16 bits per heavy atom. The van der Waals surface area contributed by atoms with Gasteiger partial charge >= 0.3 is 0 Å². The van der Waals surface area contributed by atoms with E-state index in [9.17, 15) is 0 Å². The lowest BCUT2D eigenvalue weighted by atomic mass is 9.98. The molecule has 3 nitrogen and oxygen atoms in total. The van der Waals surface area contributed by atoms with Gasteiger partial charge in [-0.1, -0.05) is 25.1 Å². The van der Waals surface area contributed by atoms with Gasteiger partial charge in [-0.05, 0) is 36.9 Å². The summed E-state index contributed by atoms with van der Waals surface area (Å²) in [6.07, 6.45) is 4.77. The normalized spacial score (nSPS) is 12.7. The minimum Gasteiger partial charge on any atom is -0.382 e. The van der Waals surface area contributed by atoms with Crippen LogP contribution < -0.4 is 5.32 Å². The molecule has 2 aromatic rings. The lowest BCUT2D eigenvalue weighted by molar-refractivity contribution is 0.136. The number of rotatable bonds is 7. The standard InChI is InChI=1S/C16H22N2O/c1-3-18-16(9-11-19-4-2)15-7-5-6-13-12-17-10-8-14(13)15/h5-8,10,12,16,18H,3-4,9,11H2,1-2H3. The molecule has 0 aliphatic carbocycles. The lowest BCUT2D eigenvalue weighted by Crippen LogP contribution is -2.22. The van der Waals surface area contributed by atoms with Crippen molar-refractivity contribution in [3.8, 4) is 0 Å². The van der Waals surface area contributed by atoms with Crippen LogP contribution in [0.3, 0.4) is 0 Å². The van der Waals surface area contributed by atoms with Crippen LogP contribution in [0.4, 0.5) is 0 Å². The van der Waals surface area contributed by atoms with Gasteiger partial charge in [0.25, 0.3) is 0 Å². The van der Waals surface area contributed by atoms with Gasteiger partial charge in [-0.25, -0.2) is 0 Å². The predicted molar refractivity (Wildman–Crippen MR) is 79.3 cm³/mol. The zero-order chi connectivity index (χ0) is 13.5. The van der Waals surface area contributed by atoms with E-state index < -0.39 is 0 Å². The Bertz CT molecular complexity index is 508. The van der Waals surface area contributed by atoms with Crippen LogP contribution in [0.25, 0.3) is 10.8 Å². The molecule has 1 unspecified atom stereocenters. The van der Waals surface area contributed by atoms with E-state index >= 15 is 0 Å². The number of benzene rings is 1. The first-order chi connectivity index (χ1) is 9.36. The fourth-order valence-electron chi connectivity index (χ4n) is 2.41. The van der Waals surface area contributed by atoms with Crippen LogP contribution in [-0.4, -0.2) is 24.7 Å². The smallest absolute Gasteiger partial charge is 0.0484 e. The number of hydrogen-bond acceptors (Lipinski definition) is 3. The minimum absolute atomic E-state index is 0.336. The summed E-state index contributed by atoms with van der Waals surface area (Å²) in [4.78, 5) is 4.19. The maximum absolute atomic E-state index is 5.49. The summed E-state index contributed by atoms with van der Waals surface area (Å²) in [6.45, 7) is 6.69. The van der Waals surface area contributed by atoms with Crippen molar-refractivity contribution in [1.29, 1.82) is 0 Å². The van der Waals surface area contributed by atoms with E-state index in [0.717, 1.165) is 26.2 Å². The molecule has 1 atom stereocenters. The minimum atomic E-state index is 0.336. The number of nitrogens with one attached hydrogen (secondary N) is 1. The summed E-state index contributed by atoms with van der Waals surface area (Å²) in [6, 6.07) is 8.83. The summed E-state index contributed by atoms with van der Waals surface area (Å²) < 4.78 is 5.49. The largest absolute Gasteiger partial charge is 0.382 e. The highest BCUT2D eigenvalue weighted by atomic mass is 16.5. The Morgan fingerprint density at radius 3 is 2.95 bits per heavy atom. The van der Waals surface area contributed by atoms with E-state index in [-0.39, 0.29) is 0 Å². The van der Waals surface area contributed by atoms with E-state index in [1.807, 2.05) is 19.3 Å². The third kappa shape index (κ3) is 3.52. The van der Waals surface area contributed by atoms with E-state index in [2.05, 4.69) is 41.5 Å². The topological polar surface area (TPSA) is 34.1 Å². The molecule has 0 amide bonds. The molecule has 0 aliphatic heterocycles. The van der Waals surface area contributed by atoms with Crippen molar-refractivity contribution in [2.24, 2.45) is 0 Å². The van der Waals surface area contributed by atoms with E-state index in [1.54, 1.807) is 0 Å². The number of hydrogen-bond donors (Lipinski definition) is 1. The highest BCUT2D eigenvalue weighted by Crippen LogP contribution is 2.25. The fraction of sp³-hybridized carbons (Fsp3) is 0.438. The average Bonchev–Trinajstić information content (AvgIpc) is 2.46. The summed E-state index contributed by atoms with van der Waals surface area (Å²) in [5.41, 5.74) is 1.33. The Labute approximate surface area is 115 Å². The van der Waals surface area contributed by atoms with E-state index in [4.69, 9.17) is 4.74 Å². The van der Waals surface area contributed by atoms with Crippen molar-refractivity contribution in [2.75, 3.05) is 19.8 Å². The zero-order valence-corrected chi connectivity index (χ0v) is 11.7. The Morgan fingerprint density at radius 1 is 1.26 bits per heavy atom. The van der Waals surface area contributed by atoms with E-state index in [0.29, 0.717) is 6.04 Å². The average molecular weight is 258 g/mol. The quantitative estimate of drug-likeness (QED) is 0.774. The van der Waals surface area contributed by atoms with Crippen LogP contribution in [0.2, 0.25) is 0 Å². The summed E-state index contributed by atoms with van der Waals surface area (Å²) in [7, 11) is 0. The number of aromatic nitrogens is 1. The monoisotopic (exact) mass is 258 g/mol. The van der Waals surface area contributed by atoms with Crippen molar-refractivity contribution in [3.63, 3.8) is 0 Å². The molecule has 0 bridgehead atoms. The van der Waals surface area contributed by atoms with E-state index in [1.165, 1.54) is 16.3 Å². The van der Waals surface area contributed by atoms with Gasteiger partial charge in [-0.15, -0.1) is 0 Å². The fourth-order valence-corrected chi connectivity index (χ4v) is 2.41. The van der Waals surface area contributed by atoms with Gasteiger partial charge in [0.15, 0.2) is 0 Å². The third-order valence-electron chi connectivity index (χ3n) is 3.30. The molecule has 0 aliphatic rings. The van der Waals surface area contributed by atoms with Gasteiger partial charge in [-0.2, -0.15) is 0 Å². The molecule has 19 heavy (non-hydrogen) atoms. The van der Waals surface area contributed by atoms with Gasteiger partial charge in [0, 0.05) is 37.0 Å². The van der Waals surface area contributed by atoms with Gasteiger partial charge in [0.05, 0.1) is 0 Å². The molecular formula is C16H22N2O. The first-order valence-electron chi connectivity index (χ1n) is 7.00. The number of pyridine rings is 1. The number of nitrogens with zero attached hydrogens (tertiary/aromatic N) is 1. The van der Waals surface area contributed by atoms with Crippen LogP contribution in [0.5, 0.6) is 0 Å². The zero-order valence-electron chi connectivity index (χ0n) is 11.7. The Kier molecular flexibility index (Phi) is 5.31. The molecule has 102 valence electrons. The summed E-state index contributed by atoms with van der Waals surface area (Å²) >= 11 is 0. The molecule has 0 saturated carbocycles. The SMILES string of the molecule is CCNC(CCOCC)c1cccc2cnccc12. The van der Waals surface area contributed by atoms with Gasteiger partial charge < -0.3 is 10.1 Å². The number of fused-ring (bicyclic) bond motifs is 1. The molecule has 2 rings (SSSR count). The molecule has 1 aromatic heterocycles. The Hall–Kier alpha value is -1.45. The lowest BCUT2D eigenvalue weighted by Gasteiger charge is -2.20. The third-order valence-corrected chi connectivity index (χ3v) is 3.30. The van der Waals surface area contributed by atoms with Crippen LogP contribution in [0.15, 0.2) is 36.7 Å². The molecule has 1 N–H and O–H groups in total. The van der Waals surface area contributed by atoms with Gasteiger partial charge in [0.1, 0.15) is 0 Å². The molecule has 0 radical (unpaired) electrons. The number of ether oxygens (including phenoxy) is 1. The second-order valence-corrected chi connectivity index (χ2v) is 4.54. The molecule has 0 fully saturated rings. The van der Waals surface area contributed by atoms with Gasteiger partial charge in [-0.3, -0.25) is 4.98 Å². The van der Waals surface area contributed by atoms with Crippen LogP contribution in [-0.2, 0) is 4.74 Å². The van der Waals surface area contributed by atoms with Crippen LogP contribution in [0.1, 0.15) is 31.9 Å². The second kappa shape index (κ2) is 7.22. The molecular weight excluding hydrogens is 236 g/mol. The van der Waals surface area contributed by atoms with Crippen molar-refractivity contribution in [1.82, 2.24) is 10.3 Å². The maximum atomic E-state index is 5.49. The van der Waals surface area contributed by atoms with Gasteiger partial charge in [0.2, 0.25) is 0 Å². The molecule has 1 aromatic carbocycles. The van der Waals surface area contributed by atoms with Crippen LogP contribution >= 0.6 is 0 Å². The Balaban J connectivity index is 2.27. The molecule has 0 saturated heterocycles. The van der Waals surface area contributed by atoms with Crippen molar-refractivity contribution < 1.29 is 4.74 Å². The predicted octanol–water partition coefficient (Wildman–Crippen LogP) is 3.31. The summed E-state index contributed by atoms with van der Waals surface area (Å²) in [5.74, 6) is 0.